The number of nitrogens with zero attached hydrogens (tertiary/aromatic N) is 7. The number of anilines is 1. The number of rotatable bonds is 13. The molecule has 0 spiro atoms. The number of likely N-dealkylation sites (tertiary alicyclic amines) is 1. The van der Waals surface area contributed by atoms with Crippen LogP contribution in [0.15, 0.2) is 57.8 Å². The van der Waals surface area contributed by atoms with Crippen molar-refractivity contribution >= 4 is 46.4 Å². The number of para-hydroxylation sites is 1. The molecule has 4 aliphatic heterocycles. The van der Waals surface area contributed by atoms with E-state index in [0.717, 1.165) is 43.1 Å². The zero-order chi connectivity index (χ0) is 45.5. The highest BCUT2D eigenvalue weighted by Crippen LogP contribution is 2.43. The predicted octanol–water partition coefficient (Wildman–Crippen LogP) is 2.94. The molecule has 2 aromatic heterocycles. The van der Waals surface area contributed by atoms with Gasteiger partial charge in [-0.05, 0) is 87.3 Å². The molecule has 2 aliphatic carbocycles. The Morgan fingerprint density at radius 3 is 2.58 bits per heavy atom. The first-order chi connectivity index (χ1) is 31.3. The van der Waals surface area contributed by atoms with Crippen LogP contribution in [0, 0.1) is 5.92 Å². The molecule has 1 aromatic carbocycles. The van der Waals surface area contributed by atoms with Crippen LogP contribution in [-0.4, -0.2) is 124 Å². The van der Waals surface area contributed by atoms with Gasteiger partial charge in [-0.3, -0.25) is 38.7 Å². The van der Waals surface area contributed by atoms with Crippen LogP contribution in [0.2, 0.25) is 0 Å². The highest BCUT2D eigenvalue weighted by atomic mass is 19.3. The minimum atomic E-state index is -3.04. The van der Waals surface area contributed by atoms with E-state index in [0.29, 0.717) is 69.1 Å². The Hall–Kier alpha value is -5.60. The number of imide groups is 1. The summed E-state index contributed by atoms with van der Waals surface area (Å²) in [5.74, 6) is -0.520. The van der Waals surface area contributed by atoms with Gasteiger partial charge in [-0.2, -0.15) is 0 Å². The Balaban J connectivity index is 0.736. The lowest BCUT2D eigenvalue weighted by Gasteiger charge is -2.42. The Bertz CT molecular complexity index is 2460. The van der Waals surface area contributed by atoms with Crippen LogP contribution in [0.4, 0.5) is 19.0 Å². The normalized spacial score (nSPS) is 30.3. The van der Waals surface area contributed by atoms with E-state index in [-0.39, 0.29) is 78.3 Å². The number of carbonyl (C=O) groups excluding carboxylic acids is 3. The second-order valence-electron chi connectivity index (χ2n) is 18.3. The average molecular weight is 904 g/mol. The van der Waals surface area contributed by atoms with Crippen LogP contribution in [0.5, 0.6) is 0 Å². The van der Waals surface area contributed by atoms with Crippen molar-refractivity contribution < 1.29 is 37.0 Å². The van der Waals surface area contributed by atoms with Crippen molar-refractivity contribution in [1.82, 2.24) is 34.6 Å². The number of halogens is 3. The molecule has 20 heteroatoms. The molecule has 9 rings (SSSR count). The summed E-state index contributed by atoms with van der Waals surface area (Å²) in [6.07, 6.45) is 5.40. The highest BCUT2D eigenvalue weighted by molar-refractivity contribution is 6.19. The van der Waals surface area contributed by atoms with Crippen molar-refractivity contribution in [2.75, 3.05) is 37.7 Å². The summed E-state index contributed by atoms with van der Waals surface area (Å²) >= 11 is 0. The summed E-state index contributed by atoms with van der Waals surface area (Å²) < 4.78 is 58.5. The second-order valence-corrected chi connectivity index (χ2v) is 18.3. The van der Waals surface area contributed by atoms with Crippen molar-refractivity contribution in [2.45, 2.75) is 119 Å². The number of morpholine rings is 1. The van der Waals surface area contributed by atoms with Crippen molar-refractivity contribution in [3.63, 3.8) is 0 Å². The Morgan fingerprint density at radius 1 is 1.09 bits per heavy atom. The zero-order valence-corrected chi connectivity index (χ0v) is 36.3. The van der Waals surface area contributed by atoms with Gasteiger partial charge in [0.2, 0.25) is 11.8 Å². The number of ether oxygens (including phenoxy) is 2. The van der Waals surface area contributed by atoms with Gasteiger partial charge in [-0.15, -0.1) is 0 Å². The van der Waals surface area contributed by atoms with Crippen molar-refractivity contribution in [3.05, 3.63) is 69.9 Å². The third-order valence-electron chi connectivity index (χ3n) is 14.2. The molecule has 6 N–H and O–H groups in total. The molecule has 6 fully saturated rings. The van der Waals surface area contributed by atoms with Crippen LogP contribution in [0.3, 0.4) is 0 Å². The third-order valence-corrected chi connectivity index (χ3v) is 14.2. The number of alkyl halides is 3. The zero-order valence-electron chi connectivity index (χ0n) is 36.3. The average Bonchev–Trinajstić information content (AvgIpc) is 3.99. The molecular weight excluding hydrogens is 848 g/mol. The SMILES string of the molecule is Cn1c(=O)n(C2CCC(=O)NC2=O)c2cccc(C3CC(O[C@@H]4CCN(CC5CCC(N=CC(NC(=O)C(=CN)c6nccc(N7C[C@H]8C[C@@H]7CO8)n6)=C(N)C(F)F)CC5)C[C@@H]4F)C3)c21. The quantitative estimate of drug-likeness (QED) is 0.111. The van der Waals surface area contributed by atoms with Gasteiger partial charge in [0.15, 0.2) is 5.82 Å². The first-order valence-electron chi connectivity index (χ1n) is 22.7. The molecule has 6 aliphatic rings. The number of piperidine rings is 2. The number of carbonyl (C=O) groups is 3. The van der Waals surface area contributed by atoms with E-state index >= 15 is 4.39 Å². The number of benzene rings is 1. The molecular formula is C45H56F3N11O6. The molecule has 2 saturated carbocycles. The van der Waals surface area contributed by atoms with Crippen LogP contribution in [-0.2, 0) is 30.9 Å². The minimum absolute atomic E-state index is 0.0444. The van der Waals surface area contributed by atoms with Crippen LogP contribution < -0.4 is 32.7 Å². The van der Waals surface area contributed by atoms with Crippen molar-refractivity contribution in [1.29, 1.82) is 0 Å². The maximum absolute atomic E-state index is 15.7. The van der Waals surface area contributed by atoms with E-state index < -0.39 is 42.3 Å². The molecule has 0 radical (unpaired) electrons. The lowest BCUT2D eigenvalue weighted by Crippen LogP contribution is -2.49. The number of hydrogen-bond donors (Lipinski definition) is 4. The Kier molecular flexibility index (Phi) is 12.8. The monoisotopic (exact) mass is 903 g/mol. The number of imidazole rings is 1. The smallest absolute Gasteiger partial charge is 0.329 e. The summed E-state index contributed by atoms with van der Waals surface area (Å²) in [5, 5.41) is 4.82. The van der Waals surface area contributed by atoms with Gasteiger partial charge in [-0.1, -0.05) is 12.1 Å². The Morgan fingerprint density at radius 2 is 1.89 bits per heavy atom. The van der Waals surface area contributed by atoms with Gasteiger partial charge in [0.05, 0.1) is 59.3 Å². The molecule has 2 bridgehead atoms. The molecule has 4 saturated heterocycles. The molecule has 3 amide bonds. The maximum atomic E-state index is 15.7. The van der Waals surface area contributed by atoms with Gasteiger partial charge in [0, 0.05) is 58.3 Å². The van der Waals surface area contributed by atoms with E-state index in [1.165, 1.54) is 17.0 Å². The van der Waals surface area contributed by atoms with E-state index in [9.17, 15) is 28.0 Å². The molecule has 1 unspecified atom stereocenters. The number of aliphatic imine (C=N–C) groups is 1. The third kappa shape index (κ3) is 9.16. The molecule has 65 heavy (non-hydrogen) atoms. The summed E-state index contributed by atoms with van der Waals surface area (Å²) in [7, 11) is 1.69. The fourth-order valence-electron chi connectivity index (χ4n) is 10.5. The number of nitrogens with one attached hydrogen (secondary N) is 2. The van der Waals surface area contributed by atoms with E-state index in [1.54, 1.807) is 17.7 Å². The highest BCUT2D eigenvalue weighted by Gasteiger charge is 2.41. The lowest BCUT2D eigenvalue weighted by molar-refractivity contribution is -0.135. The topological polar surface area (TPSA) is 217 Å². The van der Waals surface area contributed by atoms with Gasteiger partial charge < -0.3 is 31.2 Å². The number of aryl methyl sites for hydroxylation is 1. The first-order valence-corrected chi connectivity index (χ1v) is 22.7. The molecule has 5 atom stereocenters. The van der Waals surface area contributed by atoms with Crippen LogP contribution >= 0.6 is 0 Å². The first kappa shape index (κ1) is 44.6. The summed E-state index contributed by atoms with van der Waals surface area (Å²) in [5.41, 5.74) is 12.4. The van der Waals surface area contributed by atoms with Gasteiger partial charge in [0.1, 0.15) is 23.7 Å². The molecule has 17 nitrogen and oxygen atoms in total. The molecule has 348 valence electrons. The molecule has 3 aromatic rings. The number of hydrogen-bond acceptors (Lipinski definition) is 13. The van der Waals surface area contributed by atoms with Gasteiger partial charge in [0.25, 0.3) is 12.3 Å². The minimum Gasteiger partial charge on any atom is -0.404 e. The van der Waals surface area contributed by atoms with Crippen LogP contribution in [0.25, 0.3) is 16.6 Å². The van der Waals surface area contributed by atoms with E-state index in [4.69, 9.17) is 20.9 Å². The summed E-state index contributed by atoms with van der Waals surface area (Å²) in [6, 6.07) is 6.69. The largest absolute Gasteiger partial charge is 0.404 e. The summed E-state index contributed by atoms with van der Waals surface area (Å²) in [6.45, 7) is 2.98. The number of aromatic nitrogens is 4. The second kappa shape index (κ2) is 18.7. The summed E-state index contributed by atoms with van der Waals surface area (Å²) in [4.78, 5) is 68.8. The number of fused-ring (bicyclic) bond motifs is 3. The van der Waals surface area contributed by atoms with E-state index in [1.807, 2.05) is 18.2 Å². The van der Waals surface area contributed by atoms with Gasteiger partial charge in [-0.25, -0.2) is 27.9 Å². The number of amides is 3. The maximum Gasteiger partial charge on any atom is 0.329 e. The van der Waals surface area contributed by atoms with Gasteiger partial charge >= 0.3 is 5.69 Å². The standard InChI is InChI=1S/C45H56F3N11O6/c1-56-40-30(3-2-4-34(40)59(45(56)63)35-9-10-38(60)55-44(35)62)25-15-28(16-25)65-36-12-14-57(22-32(36)46)20-24-5-7-26(8-6-24)52-19-33(39(50)41(47)48)53-43(61)31(18-49)42-51-13-11-37(54-42)58-21-29-17-27(58)23-64-29/h2-4,11,13,18-19,24-29,32,35-36,41H,5-10,12,14-17,20-23,49-50H2,1H3,(H,53,61)(H,55,60,62)/t24?,25?,26?,27-,28?,29-,32+,35?,36-/m1/s1. The lowest BCUT2D eigenvalue weighted by atomic mass is 9.76. The van der Waals surface area contributed by atoms with Crippen LogP contribution in [0.1, 0.15) is 87.6 Å². The Labute approximate surface area is 373 Å². The number of nitrogens with two attached hydrogens (primary N) is 2. The fourth-order valence-corrected chi connectivity index (χ4v) is 10.5. The van der Waals surface area contributed by atoms with Crippen molar-refractivity contribution in [2.24, 2.45) is 29.4 Å². The fraction of sp³-hybridized carbons (Fsp3) is 0.578. The van der Waals surface area contributed by atoms with Crippen molar-refractivity contribution in [3.8, 4) is 0 Å². The van der Waals surface area contributed by atoms with E-state index in [2.05, 4.69) is 35.4 Å². The predicted molar refractivity (Wildman–Crippen MR) is 234 cm³/mol. The number of allylic oxidation sites excluding steroid dienone is 2. The molecule has 6 heterocycles.